The highest BCUT2D eigenvalue weighted by Crippen LogP contribution is 2.26. The van der Waals surface area contributed by atoms with E-state index in [-0.39, 0.29) is 41.7 Å². The van der Waals surface area contributed by atoms with E-state index in [9.17, 15) is 24.0 Å². The minimum atomic E-state index is -1.61. The number of amides is 4. The number of thiazole rings is 1. The van der Waals surface area contributed by atoms with Crippen molar-refractivity contribution < 1.29 is 47.8 Å². The number of oxime groups is 1. The van der Waals surface area contributed by atoms with E-state index in [1.807, 2.05) is 0 Å². The molecule has 4 amide bonds. The molecule has 0 aromatic carbocycles. The summed E-state index contributed by atoms with van der Waals surface area (Å²) >= 11 is 0.997. The quantitative estimate of drug-likeness (QED) is 0.0366. The zero-order chi connectivity index (χ0) is 38.4. The molecule has 0 saturated carbocycles. The summed E-state index contributed by atoms with van der Waals surface area (Å²) < 4.78 is 21.9. The van der Waals surface area contributed by atoms with Gasteiger partial charge in [0.25, 0.3) is 5.91 Å². The molecule has 2 saturated heterocycles. The Morgan fingerprint density at radius 2 is 1.65 bits per heavy atom. The zero-order valence-electron chi connectivity index (χ0n) is 31.5. The van der Waals surface area contributed by atoms with Gasteiger partial charge in [0, 0.05) is 26.0 Å². The lowest BCUT2D eigenvalue weighted by Crippen LogP contribution is -2.70. The van der Waals surface area contributed by atoms with Crippen LogP contribution in [-0.4, -0.2) is 103 Å². The average molecular weight is 755 g/mol. The molecule has 51 heavy (non-hydrogen) atoms. The highest BCUT2D eigenvalue weighted by Gasteiger charge is 2.45. The molecule has 4 N–H and O–H groups in total. The summed E-state index contributed by atoms with van der Waals surface area (Å²) in [5.41, 5.74) is -3.54. The van der Waals surface area contributed by atoms with E-state index in [2.05, 4.69) is 51.0 Å². The van der Waals surface area contributed by atoms with Crippen LogP contribution in [0.15, 0.2) is 10.5 Å². The number of nitrogens with zero attached hydrogens (tertiary/aromatic N) is 2. The van der Waals surface area contributed by atoms with Gasteiger partial charge in [0.2, 0.25) is 17.4 Å². The van der Waals surface area contributed by atoms with Gasteiger partial charge in [-0.25, -0.2) is 14.6 Å². The maximum Gasteiger partial charge on any atom is 0.413 e. The number of ether oxygens (including phenoxy) is 4. The largest absolute Gasteiger partial charge is 0.457 e. The van der Waals surface area contributed by atoms with Gasteiger partial charge in [-0.2, -0.15) is 0 Å². The number of β-lactam (4-membered cyclic amide) rings is 1. The number of carbonyl (C=O) groups is 5. The van der Waals surface area contributed by atoms with Crippen LogP contribution in [0, 0.1) is 5.92 Å². The summed E-state index contributed by atoms with van der Waals surface area (Å²) in [6.45, 7) is 21.0. The van der Waals surface area contributed by atoms with Gasteiger partial charge in [-0.15, -0.1) is 11.3 Å². The van der Waals surface area contributed by atoms with E-state index in [4.69, 9.17) is 23.8 Å². The van der Waals surface area contributed by atoms with Crippen molar-refractivity contribution in [2.24, 2.45) is 11.1 Å². The molecule has 2 aliphatic heterocycles. The van der Waals surface area contributed by atoms with Crippen LogP contribution >= 0.6 is 11.3 Å². The molecule has 3 rings (SSSR count). The number of hydrogen-bond donors (Lipinski definition) is 4. The number of esters is 1. The number of carbonyl (C=O) groups excluding carboxylic acids is 5. The van der Waals surface area contributed by atoms with E-state index in [1.54, 1.807) is 41.5 Å². The first-order chi connectivity index (χ1) is 23.4. The highest BCUT2D eigenvalue weighted by molar-refractivity contribution is 7.14. The van der Waals surface area contributed by atoms with Crippen LogP contribution in [0.4, 0.5) is 9.93 Å². The first-order valence-electron chi connectivity index (χ1n) is 16.9. The molecule has 1 unspecified atom stereocenters. The van der Waals surface area contributed by atoms with Gasteiger partial charge in [-0.3, -0.25) is 19.7 Å². The number of hydrogen-bond acceptors (Lipinski definition) is 13. The van der Waals surface area contributed by atoms with Crippen LogP contribution in [0.25, 0.3) is 0 Å². The maximum absolute atomic E-state index is 13.7. The minimum Gasteiger partial charge on any atom is -0.457 e. The Labute approximate surface area is 304 Å². The Bertz CT molecular complexity index is 1460. The van der Waals surface area contributed by atoms with Crippen LogP contribution in [0.5, 0.6) is 0 Å². The number of rotatable bonds is 16. The molecule has 2 fully saturated rings. The van der Waals surface area contributed by atoms with Crippen LogP contribution in [0.3, 0.4) is 0 Å². The van der Waals surface area contributed by atoms with E-state index >= 15 is 0 Å². The van der Waals surface area contributed by atoms with Crippen molar-refractivity contribution in [2.45, 2.75) is 129 Å². The summed E-state index contributed by atoms with van der Waals surface area (Å²) in [6.07, 6.45) is 0.0205. The van der Waals surface area contributed by atoms with E-state index in [0.29, 0.717) is 19.6 Å². The smallest absolute Gasteiger partial charge is 0.413 e. The second kappa shape index (κ2) is 16.8. The van der Waals surface area contributed by atoms with Gasteiger partial charge >= 0.3 is 12.1 Å². The lowest BCUT2D eigenvalue weighted by atomic mass is 9.87. The molecule has 1 aromatic rings. The number of nitrogens with one attached hydrogen (secondary N) is 4. The summed E-state index contributed by atoms with van der Waals surface area (Å²) in [7, 11) is -1.20. The van der Waals surface area contributed by atoms with Gasteiger partial charge in [-0.05, 0) is 74.3 Å². The Kier molecular flexibility index (Phi) is 13.8. The van der Waals surface area contributed by atoms with Crippen molar-refractivity contribution in [1.29, 1.82) is 0 Å². The first-order valence-corrected chi connectivity index (χ1v) is 21.5. The average Bonchev–Trinajstić information content (AvgIpc) is 3.56. The Morgan fingerprint density at radius 3 is 2.25 bits per heavy atom. The SMILES string of the molecule is CC(C)(C)OC(=O)Nc1nc(/C(=N/OC(C)(C)C(=O)OC(C)(C)C)C(=O)N[C@@H]2C(=O)N[C@@H]2C[C@H]2CC(COCOCC[Si](C)(C)C)NC2=O)cs1. The Balaban J connectivity index is 1.68. The molecule has 3 heterocycles. The Morgan fingerprint density at radius 1 is 0.980 bits per heavy atom. The fourth-order valence-corrected chi connectivity index (χ4v) is 6.22. The monoisotopic (exact) mass is 754 g/mol. The molecular formula is C33H54N6O10SSi. The highest BCUT2D eigenvalue weighted by atomic mass is 32.1. The number of anilines is 1. The van der Waals surface area contributed by atoms with Crippen molar-refractivity contribution in [3.8, 4) is 0 Å². The van der Waals surface area contributed by atoms with E-state index in [0.717, 1.165) is 17.4 Å². The van der Waals surface area contributed by atoms with Crippen LogP contribution < -0.4 is 21.3 Å². The van der Waals surface area contributed by atoms with Gasteiger partial charge < -0.3 is 39.7 Å². The number of aromatic nitrogens is 1. The summed E-state index contributed by atoms with van der Waals surface area (Å²) in [6, 6.07) is -0.696. The first kappa shape index (κ1) is 41.8. The second-order valence-corrected chi connectivity index (χ2v) is 22.8. The third-order valence-corrected chi connectivity index (χ3v) is 9.89. The van der Waals surface area contributed by atoms with Crippen molar-refractivity contribution in [2.75, 3.05) is 25.3 Å². The molecule has 0 bridgehead atoms. The lowest BCUT2D eigenvalue weighted by molar-refractivity contribution is -0.179. The molecule has 1 aromatic heterocycles. The molecule has 0 aliphatic carbocycles. The zero-order valence-corrected chi connectivity index (χ0v) is 33.3. The maximum atomic E-state index is 13.7. The third kappa shape index (κ3) is 13.8. The van der Waals surface area contributed by atoms with E-state index < -0.39 is 66.8 Å². The Hall–Kier alpha value is -3.61. The topological polar surface area (TPSA) is 205 Å². The van der Waals surface area contributed by atoms with Crippen molar-refractivity contribution in [1.82, 2.24) is 20.9 Å². The summed E-state index contributed by atoms with van der Waals surface area (Å²) in [5, 5.41) is 16.4. The minimum absolute atomic E-state index is 0.00213. The molecule has 4 atom stereocenters. The molecule has 2 aliphatic rings. The standard InChI is InChI=1S/C33H54N6O10SSi/c1-31(2,3)47-28(43)33(7,8)49-39-24(22-17-50-29(36-22)38-30(44)48-32(4,5)6)27(42)37-23-21(35-26(23)41)15-19-14-20(34-25(19)40)16-46-18-45-12-13-51(9,10)11/h17,19-21,23H,12-16,18H2,1-11H3,(H,34,40)(H,35,41)(H,37,42)(H,36,38,44)/b39-24-/t19-,20?,21-,23+/m1/s1. The van der Waals surface area contributed by atoms with Crippen LogP contribution in [0.1, 0.15) is 73.9 Å². The van der Waals surface area contributed by atoms with Crippen molar-refractivity contribution >= 4 is 60.0 Å². The predicted molar refractivity (Wildman–Crippen MR) is 193 cm³/mol. The van der Waals surface area contributed by atoms with Crippen LogP contribution in [-0.2, 0) is 43.0 Å². The predicted octanol–water partition coefficient (Wildman–Crippen LogP) is 3.54. The molecule has 0 spiro atoms. The van der Waals surface area contributed by atoms with E-state index in [1.165, 1.54) is 19.2 Å². The summed E-state index contributed by atoms with van der Waals surface area (Å²) in [5.74, 6) is -2.58. The molecule has 16 nitrogen and oxygen atoms in total. The molecule has 18 heteroatoms. The van der Waals surface area contributed by atoms with Gasteiger partial charge in [-0.1, -0.05) is 24.8 Å². The third-order valence-electron chi connectivity index (χ3n) is 7.43. The second-order valence-electron chi connectivity index (χ2n) is 16.4. The van der Waals surface area contributed by atoms with Gasteiger partial charge in [0.1, 0.15) is 29.7 Å². The normalized spacial score (nSPS) is 21.3. The van der Waals surface area contributed by atoms with Crippen LogP contribution in [0.2, 0.25) is 25.7 Å². The molecule has 0 radical (unpaired) electrons. The molecular weight excluding hydrogens is 701 g/mol. The summed E-state index contributed by atoms with van der Waals surface area (Å²) in [4.78, 5) is 74.1. The van der Waals surface area contributed by atoms with Gasteiger partial charge in [0.15, 0.2) is 10.8 Å². The van der Waals surface area contributed by atoms with Crippen molar-refractivity contribution in [3.05, 3.63) is 11.1 Å². The molecule has 286 valence electrons. The lowest BCUT2D eigenvalue weighted by Gasteiger charge is -2.38. The fraction of sp³-hybridized carbons (Fsp3) is 0.727. The fourth-order valence-electron chi connectivity index (χ4n) is 4.78. The van der Waals surface area contributed by atoms with Crippen molar-refractivity contribution in [3.63, 3.8) is 0 Å². The van der Waals surface area contributed by atoms with Gasteiger partial charge in [0.05, 0.1) is 18.7 Å².